The molecule has 4 nitrogen and oxygen atoms in total. The fraction of sp³-hybridized carbons (Fsp3) is 0.0909. The Bertz CT molecular complexity index is 219. The van der Waals surface area contributed by atoms with E-state index in [1.165, 1.54) is 6.08 Å². The summed E-state index contributed by atoms with van der Waals surface area (Å²) in [6.07, 6.45) is 3.45. The number of aliphatic carboxylic acids is 1. The van der Waals surface area contributed by atoms with Gasteiger partial charge in [-0.3, -0.25) is 0 Å². The molecule has 0 rings (SSSR count). The average Bonchev–Trinajstić information content (AvgIpc) is 2.29. The third-order valence-electron chi connectivity index (χ3n) is 0.685. The first-order valence-electron chi connectivity index (χ1n) is 3.83. The zero-order valence-corrected chi connectivity index (χ0v) is 8.65. The van der Waals surface area contributed by atoms with E-state index in [0.717, 1.165) is 12.2 Å². The Kier molecular flexibility index (Phi) is 22.2. The highest BCUT2D eigenvalue weighted by molar-refractivity contribution is 5.81. The van der Waals surface area contributed by atoms with Crippen LogP contribution in [0.4, 0.5) is 0 Å². The summed E-state index contributed by atoms with van der Waals surface area (Å²) < 4.78 is 4.47. The van der Waals surface area contributed by atoms with Crippen LogP contribution in [0.3, 0.4) is 0 Å². The highest BCUT2D eigenvalue weighted by Gasteiger charge is 1.87. The van der Waals surface area contributed by atoms with Crippen molar-refractivity contribution in [2.75, 3.05) is 6.61 Å². The molecule has 0 aromatic carbocycles. The predicted octanol–water partition coefficient (Wildman–Crippen LogP) is 1.96. The van der Waals surface area contributed by atoms with Gasteiger partial charge in [0.2, 0.25) is 0 Å². The first-order valence-corrected chi connectivity index (χ1v) is 3.83. The Labute approximate surface area is 89.9 Å². The Morgan fingerprint density at radius 2 is 1.53 bits per heavy atom. The van der Waals surface area contributed by atoms with Crippen LogP contribution in [0.15, 0.2) is 51.1 Å². The van der Waals surface area contributed by atoms with Gasteiger partial charge in [0.15, 0.2) is 0 Å². The molecule has 4 heteroatoms. The second kappa shape index (κ2) is 17.8. The van der Waals surface area contributed by atoms with Crippen molar-refractivity contribution in [3.8, 4) is 0 Å². The van der Waals surface area contributed by atoms with Gasteiger partial charge in [0.1, 0.15) is 6.61 Å². The number of hydrogen-bond donors (Lipinski definition) is 1. The number of carbonyl (C=O) groups excluding carboxylic acids is 1. The predicted molar refractivity (Wildman–Crippen MR) is 60.4 cm³/mol. The van der Waals surface area contributed by atoms with Gasteiger partial charge in [-0.2, -0.15) is 0 Å². The molecule has 0 fully saturated rings. The number of hydrogen-bond acceptors (Lipinski definition) is 3. The van der Waals surface area contributed by atoms with Gasteiger partial charge in [-0.1, -0.05) is 25.8 Å². The summed E-state index contributed by atoms with van der Waals surface area (Å²) in [5.74, 6) is -1.39. The molecule has 0 saturated carbocycles. The molecule has 0 aliphatic carbocycles. The zero-order valence-electron chi connectivity index (χ0n) is 8.65. The number of carbonyl (C=O) groups is 2. The summed E-state index contributed by atoms with van der Waals surface area (Å²) >= 11 is 0. The molecule has 0 bridgehead atoms. The van der Waals surface area contributed by atoms with E-state index in [2.05, 4.69) is 37.6 Å². The summed E-state index contributed by atoms with van der Waals surface area (Å²) in [4.78, 5) is 19.4. The largest absolute Gasteiger partial charge is 0.478 e. The number of ether oxygens (including phenoxy) is 1. The van der Waals surface area contributed by atoms with Crippen LogP contribution in [0.25, 0.3) is 0 Å². The lowest BCUT2D eigenvalue weighted by molar-refractivity contribution is -0.136. The smallest absolute Gasteiger partial charge is 0.330 e. The SMILES string of the molecule is C=C.C=CC(=O)O.C=CCOC(=O)C=C. The van der Waals surface area contributed by atoms with Crippen LogP contribution in [0.1, 0.15) is 0 Å². The number of esters is 1. The van der Waals surface area contributed by atoms with Crippen LogP contribution >= 0.6 is 0 Å². The maximum Gasteiger partial charge on any atom is 0.330 e. The first kappa shape index (κ1) is 18.6. The van der Waals surface area contributed by atoms with Crippen LogP contribution in [0.2, 0.25) is 0 Å². The zero-order chi connectivity index (χ0) is 12.7. The van der Waals surface area contributed by atoms with Crippen LogP contribution in [0, 0.1) is 0 Å². The van der Waals surface area contributed by atoms with Gasteiger partial charge >= 0.3 is 11.9 Å². The van der Waals surface area contributed by atoms with E-state index in [1.807, 2.05) is 0 Å². The van der Waals surface area contributed by atoms with Crippen LogP contribution in [-0.4, -0.2) is 23.7 Å². The second-order valence-corrected chi connectivity index (χ2v) is 1.67. The monoisotopic (exact) mass is 212 g/mol. The number of carboxylic acid groups (broad SMARTS) is 1. The Hall–Kier alpha value is -2.10. The standard InChI is InChI=1S/C6H8O2.C3H4O2.C2H4/c1-3-5-8-6(7)4-2;1-2-3(4)5;1-2/h3-4H,1-2,5H2;2H,1H2,(H,4,5);1-2H2. The third kappa shape index (κ3) is 33.5. The van der Waals surface area contributed by atoms with Gasteiger partial charge in [-0.25, -0.2) is 9.59 Å². The molecule has 0 aliphatic rings. The topological polar surface area (TPSA) is 63.6 Å². The maximum absolute atomic E-state index is 10.2. The Morgan fingerprint density at radius 1 is 1.13 bits per heavy atom. The summed E-state index contributed by atoms with van der Waals surface area (Å²) in [5.41, 5.74) is 0. The van der Waals surface area contributed by atoms with Crippen molar-refractivity contribution in [1.29, 1.82) is 0 Å². The minimum atomic E-state index is -0.981. The molecule has 0 radical (unpaired) electrons. The third-order valence-corrected chi connectivity index (χ3v) is 0.685. The minimum Gasteiger partial charge on any atom is -0.478 e. The van der Waals surface area contributed by atoms with Crippen LogP contribution in [-0.2, 0) is 14.3 Å². The fourth-order valence-corrected chi connectivity index (χ4v) is 0.200. The second-order valence-electron chi connectivity index (χ2n) is 1.67. The maximum atomic E-state index is 10.2. The van der Waals surface area contributed by atoms with Gasteiger partial charge in [0, 0.05) is 12.2 Å². The van der Waals surface area contributed by atoms with Crippen LogP contribution in [0.5, 0.6) is 0 Å². The van der Waals surface area contributed by atoms with Crippen molar-refractivity contribution < 1.29 is 19.4 Å². The van der Waals surface area contributed by atoms with E-state index in [9.17, 15) is 9.59 Å². The minimum absolute atomic E-state index is 0.255. The van der Waals surface area contributed by atoms with Crippen molar-refractivity contribution in [3.05, 3.63) is 51.1 Å². The van der Waals surface area contributed by atoms with Crippen LogP contribution < -0.4 is 0 Å². The van der Waals surface area contributed by atoms with Gasteiger partial charge in [0.25, 0.3) is 0 Å². The normalized spacial score (nSPS) is 6.40. The molecule has 0 aromatic rings. The molecule has 0 aliphatic heterocycles. The lowest BCUT2D eigenvalue weighted by atomic mass is 10.6. The summed E-state index contributed by atoms with van der Waals surface area (Å²) in [6.45, 7) is 15.8. The molecule has 0 saturated heterocycles. The molecule has 0 aromatic heterocycles. The molecule has 0 unspecified atom stereocenters. The molecule has 0 spiro atoms. The summed E-state index contributed by atoms with van der Waals surface area (Å²) in [7, 11) is 0. The quantitative estimate of drug-likeness (QED) is 0.439. The lowest BCUT2D eigenvalue weighted by Gasteiger charge is -1.92. The van der Waals surface area contributed by atoms with E-state index in [0.29, 0.717) is 0 Å². The summed E-state index contributed by atoms with van der Waals surface area (Å²) in [5, 5.41) is 7.60. The first-order chi connectivity index (χ1) is 7.08. The average molecular weight is 212 g/mol. The van der Waals surface area contributed by atoms with Crippen molar-refractivity contribution >= 4 is 11.9 Å². The highest BCUT2D eigenvalue weighted by Crippen LogP contribution is 1.77. The molecule has 1 N–H and O–H groups in total. The number of rotatable bonds is 4. The van der Waals surface area contributed by atoms with Gasteiger partial charge < -0.3 is 9.84 Å². The molecule has 0 amide bonds. The number of carboxylic acids is 1. The molecular formula is C11H16O4. The van der Waals surface area contributed by atoms with Gasteiger partial charge in [-0.15, -0.1) is 13.2 Å². The van der Waals surface area contributed by atoms with E-state index >= 15 is 0 Å². The van der Waals surface area contributed by atoms with E-state index in [-0.39, 0.29) is 6.61 Å². The fourth-order valence-electron chi connectivity index (χ4n) is 0.200. The highest BCUT2D eigenvalue weighted by atomic mass is 16.5. The molecule has 0 atom stereocenters. The van der Waals surface area contributed by atoms with Crippen molar-refractivity contribution in [2.24, 2.45) is 0 Å². The van der Waals surface area contributed by atoms with E-state index < -0.39 is 11.9 Å². The van der Waals surface area contributed by atoms with E-state index in [4.69, 9.17) is 5.11 Å². The summed E-state index contributed by atoms with van der Waals surface area (Å²) in [6, 6.07) is 0. The van der Waals surface area contributed by atoms with Crippen molar-refractivity contribution in [2.45, 2.75) is 0 Å². The lowest BCUT2D eigenvalue weighted by Crippen LogP contribution is -1.98. The molecule has 84 valence electrons. The molecule has 0 heterocycles. The molecule has 15 heavy (non-hydrogen) atoms. The van der Waals surface area contributed by atoms with Crippen molar-refractivity contribution in [3.63, 3.8) is 0 Å². The Morgan fingerprint density at radius 3 is 1.73 bits per heavy atom. The van der Waals surface area contributed by atoms with Gasteiger partial charge in [0.05, 0.1) is 0 Å². The van der Waals surface area contributed by atoms with Crippen molar-refractivity contribution in [1.82, 2.24) is 0 Å². The van der Waals surface area contributed by atoms with E-state index in [1.54, 1.807) is 0 Å². The van der Waals surface area contributed by atoms with Gasteiger partial charge in [-0.05, 0) is 0 Å². The Balaban J connectivity index is -0.000000177. The molecular weight excluding hydrogens is 196 g/mol.